The van der Waals surface area contributed by atoms with Gasteiger partial charge in [0.1, 0.15) is 17.5 Å². The molecule has 2 amide bonds. The van der Waals surface area contributed by atoms with Gasteiger partial charge in [-0.25, -0.2) is 14.9 Å². The third kappa shape index (κ3) is 5.30. The molecule has 2 aromatic heterocycles. The summed E-state index contributed by atoms with van der Waals surface area (Å²) in [6.45, 7) is 2.70. The highest BCUT2D eigenvalue weighted by molar-refractivity contribution is 8.13. The number of benzene rings is 1. The van der Waals surface area contributed by atoms with E-state index in [-0.39, 0.29) is 23.8 Å². The second-order valence-corrected chi connectivity index (χ2v) is 10.1. The van der Waals surface area contributed by atoms with Gasteiger partial charge in [-0.1, -0.05) is 48.8 Å². The number of rotatable bonds is 8. The van der Waals surface area contributed by atoms with Gasteiger partial charge in [0.25, 0.3) is 11.5 Å². The Hall–Kier alpha value is -3.50. The molecule has 2 aliphatic heterocycles. The van der Waals surface area contributed by atoms with Crippen molar-refractivity contribution in [2.45, 2.75) is 44.4 Å². The summed E-state index contributed by atoms with van der Waals surface area (Å²) in [7, 11) is 0. The van der Waals surface area contributed by atoms with Crippen LogP contribution in [0.5, 0.6) is 0 Å². The number of thioether (sulfide) groups is 1. The van der Waals surface area contributed by atoms with Gasteiger partial charge in [-0.3, -0.25) is 23.8 Å². The zero-order valence-electron chi connectivity index (χ0n) is 20.2. The smallest absolute Gasteiger partial charge is 0.259 e. The fourth-order valence-electron chi connectivity index (χ4n) is 4.19. The molecule has 190 valence electrons. The fraction of sp³-hybridized carbons (Fsp3) is 0.308. The van der Waals surface area contributed by atoms with Gasteiger partial charge in [0.15, 0.2) is 5.17 Å². The number of carbonyl (C=O) groups is 2. The van der Waals surface area contributed by atoms with E-state index in [1.807, 2.05) is 24.3 Å². The van der Waals surface area contributed by atoms with Crippen LogP contribution in [-0.4, -0.2) is 49.7 Å². The minimum Gasteiger partial charge on any atom is -0.356 e. The predicted molar refractivity (Wildman–Crippen MR) is 146 cm³/mol. The molecule has 2 aliphatic rings. The number of fused-ring (bicyclic) bond motifs is 4. The van der Waals surface area contributed by atoms with Crippen LogP contribution in [0.4, 0.5) is 5.69 Å². The topological polar surface area (TPSA) is 108 Å². The predicted octanol–water partition coefficient (Wildman–Crippen LogP) is 3.94. The van der Waals surface area contributed by atoms with E-state index in [1.54, 1.807) is 12.1 Å². The number of hydrogen-bond donors (Lipinski definition) is 1. The average molecular weight is 537 g/mol. The van der Waals surface area contributed by atoms with Crippen molar-refractivity contribution >= 4 is 57.5 Å². The van der Waals surface area contributed by atoms with E-state index in [0.29, 0.717) is 51.8 Å². The van der Waals surface area contributed by atoms with E-state index in [1.165, 1.54) is 33.3 Å². The summed E-state index contributed by atoms with van der Waals surface area (Å²) in [6, 6.07) is 11.7. The zero-order chi connectivity index (χ0) is 25.9. The van der Waals surface area contributed by atoms with Crippen molar-refractivity contribution < 1.29 is 9.59 Å². The average Bonchev–Trinajstić information content (AvgIpc) is 3.23. The summed E-state index contributed by atoms with van der Waals surface area (Å²) in [5, 5.41) is 3.80. The number of halogens is 1. The standard InChI is InChI=1S/C26H25ClN6O3S/c1-2-3-12-28-22(34)11-9-20-25(36)33-24(30-20)18-6-4-5-7-19(18)31-26(33)37-15-17-13-23(35)32-14-16(27)8-10-21(32)29-17/h4-8,10,13-14,20H,2-3,9,11-12,15H2,1H3,(H,28,34). The Morgan fingerprint density at radius 2 is 2.03 bits per heavy atom. The summed E-state index contributed by atoms with van der Waals surface area (Å²) < 4.78 is 1.39. The number of carbonyl (C=O) groups excluding carboxylic acids is 2. The number of pyridine rings is 1. The number of amides is 2. The van der Waals surface area contributed by atoms with Crippen LogP contribution in [0.25, 0.3) is 5.65 Å². The Balaban J connectivity index is 1.36. The summed E-state index contributed by atoms with van der Waals surface area (Å²) in [5.41, 5.74) is 2.29. The lowest BCUT2D eigenvalue weighted by molar-refractivity contribution is -0.125. The highest BCUT2D eigenvalue weighted by Gasteiger charge is 2.41. The number of aromatic nitrogens is 2. The summed E-state index contributed by atoms with van der Waals surface area (Å²) in [5.74, 6) is 0.579. The van der Waals surface area contributed by atoms with Crippen LogP contribution < -0.4 is 10.9 Å². The van der Waals surface area contributed by atoms with Crippen LogP contribution >= 0.6 is 23.4 Å². The molecule has 1 aromatic carbocycles. The molecule has 3 aromatic rings. The molecule has 5 rings (SSSR count). The molecule has 0 bridgehead atoms. The SMILES string of the molecule is CCCCNC(=O)CCC1N=C2c3ccccc3N=C(SCc3cc(=O)n4cc(Cl)ccc4n3)N2C1=O. The molecule has 1 unspecified atom stereocenters. The molecular formula is C26H25ClN6O3S. The van der Waals surface area contributed by atoms with E-state index in [0.717, 1.165) is 18.4 Å². The summed E-state index contributed by atoms with van der Waals surface area (Å²) >= 11 is 7.31. The molecule has 4 heterocycles. The third-order valence-electron chi connectivity index (χ3n) is 6.07. The van der Waals surface area contributed by atoms with Gasteiger partial charge in [0.2, 0.25) is 5.91 Å². The quantitative estimate of drug-likeness (QED) is 0.439. The van der Waals surface area contributed by atoms with Crippen molar-refractivity contribution in [3.8, 4) is 0 Å². The fourth-order valence-corrected chi connectivity index (χ4v) is 5.24. The second kappa shape index (κ2) is 10.9. The van der Waals surface area contributed by atoms with Gasteiger partial charge in [0, 0.05) is 36.5 Å². The highest BCUT2D eigenvalue weighted by atomic mass is 35.5. The summed E-state index contributed by atoms with van der Waals surface area (Å²) in [6.07, 6.45) is 4.00. The number of amidine groups is 2. The van der Waals surface area contributed by atoms with Crippen molar-refractivity contribution in [1.82, 2.24) is 19.6 Å². The minimum atomic E-state index is -0.655. The Morgan fingerprint density at radius 1 is 1.19 bits per heavy atom. The van der Waals surface area contributed by atoms with Crippen molar-refractivity contribution in [2.75, 3.05) is 6.54 Å². The third-order valence-corrected chi connectivity index (χ3v) is 7.27. The normalized spacial score (nSPS) is 16.3. The maximum atomic E-state index is 13.4. The Bertz CT molecular complexity index is 1500. The number of aliphatic imine (C=N–C) groups is 2. The van der Waals surface area contributed by atoms with E-state index in [9.17, 15) is 14.4 Å². The van der Waals surface area contributed by atoms with Crippen LogP contribution in [0.1, 0.15) is 43.9 Å². The first-order valence-corrected chi connectivity index (χ1v) is 13.5. The molecular weight excluding hydrogens is 512 g/mol. The number of nitrogens with one attached hydrogen (secondary N) is 1. The molecule has 0 saturated heterocycles. The first-order chi connectivity index (χ1) is 17.9. The van der Waals surface area contributed by atoms with E-state index in [2.05, 4.69) is 17.2 Å². The number of para-hydroxylation sites is 1. The molecule has 37 heavy (non-hydrogen) atoms. The number of nitrogens with zero attached hydrogens (tertiary/aromatic N) is 5. The van der Waals surface area contributed by atoms with Gasteiger partial charge in [-0.15, -0.1) is 0 Å². The highest BCUT2D eigenvalue weighted by Crippen LogP contribution is 2.34. The number of unbranched alkanes of at least 4 members (excludes halogenated alkanes) is 1. The van der Waals surface area contributed by atoms with Crippen LogP contribution in [0, 0.1) is 0 Å². The molecule has 1 atom stereocenters. The summed E-state index contributed by atoms with van der Waals surface area (Å²) in [4.78, 5) is 53.7. The van der Waals surface area contributed by atoms with Crippen LogP contribution in [0.3, 0.4) is 0 Å². The lowest BCUT2D eigenvalue weighted by atomic mass is 10.1. The van der Waals surface area contributed by atoms with Crippen molar-refractivity contribution in [3.05, 3.63) is 75.3 Å². The van der Waals surface area contributed by atoms with Crippen molar-refractivity contribution in [2.24, 2.45) is 9.98 Å². The zero-order valence-corrected chi connectivity index (χ0v) is 21.8. The first-order valence-electron chi connectivity index (χ1n) is 12.1. The Kier molecular flexibility index (Phi) is 7.38. The van der Waals surface area contributed by atoms with E-state index in [4.69, 9.17) is 21.6 Å². The molecule has 0 fully saturated rings. The van der Waals surface area contributed by atoms with Crippen LogP contribution in [0.15, 0.2) is 63.4 Å². The lowest BCUT2D eigenvalue weighted by Crippen LogP contribution is -2.41. The molecule has 0 aliphatic carbocycles. The number of hydrogen-bond acceptors (Lipinski definition) is 7. The maximum absolute atomic E-state index is 13.4. The minimum absolute atomic E-state index is 0.0788. The van der Waals surface area contributed by atoms with Gasteiger partial charge < -0.3 is 5.32 Å². The van der Waals surface area contributed by atoms with Gasteiger partial charge in [-0.05, 0) is 37.1 Å². The molecule has 1 N–H and O–H groups in total. The lowest BCUT2D eigenvalue weighted by Gasteiger charge is -2.25. The van der Waals surface area contributed by atoms with Crippen molar-refractivity contribution in [1.29, 1.82) is 0 Å². The van der Waals surface area contributed by atoms with Crippen molar-refractivity contribution in [3.63, 3.8) is 0 Å². The van der Waals surface area contributed by atoms with Gasteiger partial charge in [-0.2, -0.15) is 0 Å². The van der Waals surface area contributed by atoms with Gasteiger partial charge >= 0.3 is 0 Å². The van der Waals surface area contributed by atoms with Crippen LogP contribution in [0.2, 0.25) is 5.02 Å². The Labute approximate surface area is 222 Å². The monoisotopic (exact) mass is 536 g/mol. The molecule has 9 nitrogen and oxygen atoms in total. The van der Waals surface area contributed by atoms with E-state index < -0.39 is 6.04 Å². The largest absolute Gasteiger partial charge is 0.356 e. The molecule has 11 heteroatoms. The molecule has 0 spiro atoms. The second-order valence-electron chi connectivity index (χ2n) is 8.75. The van der Waals surface area contributed by atoms with Crippen LogP contribution in [-0.2, 0) is 15.3 Å². The van der Waals surface area contributed by atoms with Gasteiger partial charge in [0.05, 0.1) is 16.4 Å². The molecule has 0 saturated carbocycles. The van der Waals surface area contributed by atoms with E-state index >= 15 is 0 Å². The molecule has 0 radical (unpaired) electrons. The first kappa shape index (κ1) is 25.2. The Morgan fingerprint density at radius 3 is 2.86 bits per heavy atom. The maximum Gasteiger partial charge on any atom is 0.259 e.